The van der Waals surface area contributed by atoms with Crippen molar-refractivity contribution in [1.29, 1.82) is 5.26 Å². The lowest BCUT2D eigenvalue weighted by Gasteiger charge is -2.21. The van der Waals surface area contributed by atoms with Crippen molar-refractivity contribution in [2.75, 3.05) is 12.0 Å². The summed E-state index contributed by atoms with van der Waals surface area (Å²) >= 11 is 0. The van der Waals surface area contributed by atoms with E-state index < -0.39 is 5.54 Å². The average Bonchev–Trinajstić information content (AvgIpc) is 3.29. The third kappa shape index (κ3) is 4.34. The number of nitrogens with zero attached hydrogens (tertiary/aromatic N) is 2. The first-order valence-corrected chi connectivity index (χ1v) is 9.34. The van der Waals surface area contributed by atoms with Crippen molar-refractivity contribution in [3.8, 4) is 11.8 Å². The van der Waals surface area contributed by atoms with Gasteiger partial charge in [0, 0.05) is 17.0 Å². The summed E-state index contributed by atoms with van der Waals surface area (Å²) in [4.78, 5) is 24.5. The van der Waals surface area contributed by atoms with Crippen LogP contribution >= 0.6 is 0 Å². The number of benzene rings is 1. The third-order valence-electron chi connectivity index (χ3n) is 5.02. The molecule has 0 aliphatic heterocycles. The van der Waals surface area contributed by atoms with Gasteiger partial charge in [-0.3, -0.25) is 19.7 Å². The number of nitrogens with one attached hydrogen (secondary N) is 2. The van der Waals surface area contributed by atoms with Crippen LogP contribution in [0.3, 0.4) is 0 Å². The van der Waals surface area contributed by atoms with Crippen LogP contribution in [0.5, 0.6) is 5.75 Å². The van der Waals surface area contributed by atoms with E-state index in [4.69, 9.17) is 4.74 Å². The fourth-order valence-electron chi connectivity index (χ4n) is 3.41. The molecule has 0 spiro atoms. The van der Waals surface area contributed by atoms with E-state index in [2.05, 4.69) is 16.8 Å². The number of aromatic nitrogens is 1. The summed E-state index contributed by atoms with van der Waals surface area (Å²) in [5, 5.41) is 12.1. The molecule has 2 N–H and O–H groups in total. The van der Waals surface area contributed by atoms with Crippen molar-refractivity contribution in [1.82, 2.24) is 9.99 Å². The van der Waals surface area contributed by atoms with Crippen LogP contribution in [0.1, 0.15) is 47.4 Å². The molecule has 0 radical (unpaired) electrons. The lowest BCUT2D eigenvalue weighted by molar-refractivity contribution is -0.124. The van der Waals surface area contributed by atoms with Crippen LogP contribution in [-0.2, 0) is 4.79 Å². The van der Waals surface area contributed by atoms with Gasteiger partial charge in [-0.25, -0.2) is 0 Å². The van der Waals surface area contributed by atoms with E-state index in [9.17, 15) is 14.9 Å². The van der Waals surface area contributed by atoms with Gasteiger partial charge >= 0.3 is 0 Å². The highest BCUT2D eigenvalue weighted by atomic mass is 16.5. The van der Waals surface area contributed by atoms with Crippen LogP contribution in [0.25, 0.3) is 0 Å². The number of ether oxygens (including phenoxy) is 1. The summed E-state index contributed by atoms with van der Waals surface area (Å²) in [5.41, 5.74) is 4.45. The van der Waals surface area contributed by atoms with Gasteiger partial charge in [-0.15, -0.1) is 0 Å². The Morgan fingerprint density at radius 2 is 1.71 bits per heavy atom. The number of carbonyl (C=O) groups is 2. The zero-order valence-electron chi connectivity index (χ0n) is 16.1. The van der Waals surface area contributed by atoms with E-state index in [1.54, 1.807) is 28.9 Å². The summed E-state index contributed by atoms with van der Waals surface area (Å²) < 4.78 is 7.22. The maximum absolute atomic E-state index is 12.4. The summed E-state index contributed by atoms with van der Waals surface area (Å²) in [7, 11) is 0. The van der Waals surface area contributed by atoms with E-state index in [0.29, 0.717) is 24.2 Å². The molecule has 1 fully saturated rings. The van der Waals surface area contributed by atoms with Crippen LogP contribution in [0.4, 0.5) is 0 Å². The molecule has 7 nitrogen and oxygen atoms in total. The highest BCUT2D eigenvalue weighted by Crippen LogP contribution is 2.28. The van der Waals surface area contributed by atoms with Crippen LogP contribution in [0.2, 0.25) is 0 Å². The number of nitriles is 1. The van der Waals surface area contributed by atoms with Crippen LogP contribution in [-0.4, -0.2) is 28.6 Å². The van der Waals surface area contributed by atoms with Crippen molar-refractivity contribution in [2.45, 2.75) is 45.1 Å². The number of rotatable bonds is 6. The first-order chi connectivity index (χ1) is 13.4. The minimum absolute atomic E-state index is 0.170. The van der Waals surface area contributed by atoms with Crippen LogP contribution in [0.15, 0.2) is 36.4 Å². The molecule has 1 aromatic carbocycles. The van der Waals surface area contributed by atoms with E-state index in [1.165, 1.54) is 0 Å². The Hall–Kier alpha value is -3.27. The van der Waals surface area contributed by atoms with Crippen molar-refractivity contribution < 1.29 is 14.3 Å². The molecule has 28 heavy (non-hydrogen) atoms. The fraction of sp³-hybridized carbons (Fsp3) is 0.381. The number of carbonyl (C=O) groups excluding carboxylic acids is 2. The van der Waals surface area contributed by atoms with Crippen molar-refractivity contribution >= 4 is 11.8 Å². The number of hydrogen-bond donors (Lipinski definition) is 2. The Kier molecular flexibility index (Phi) is 5.69. The minimum Gasteiger partial charge on any atom is -0.484 e. The second-order valence-electron chi connectivity index (χ2n) is 7.15. The molecular formula is C21H24N4O3. The van der Waals surface area contributed by atoms with Crippen LogP contribution < -0.4 is 15.5 Å². The molecule has 0 unspecified atom stereocenters. The van der Waals surface area contributed by atoms with Gasteiger partial charge in [-0.05, 0) is 75.9 Å². The lowest BCUT2D eigenvalue weighted by atomic mass is 10.00. The Morgan fingerprint density at radius 3 is 2.29 bits per heavy atom. The van der Waals surface area contributed by atoms with Gasteiger partial charge in [0.1, 0.15) is 11.3 Å². The van der Waals surface area contributed by atoms with Gasteiger partial charge < -0.3 is 10.1 Å². The largest absolute Gasteiger partial charge is 0.484 e. The Balaban J connectivity index is 1.53. The van der Waals surface area contributed by atoms with Gasteiger partial charge in [-0.2, -0.15) is 5.26 Å². The molecule has 7 heteroatoms. The molecular weight excluding hydrogens is 356 g/mol. The van der Waals surface area contributed by atoms with Crippen LogP contribution in [0, 0.1) is 25.2 Å². The molecule has 0 saturated heterocycles. The van der Waals surface area contributed by atoms with Crippen molar-refractivity contribution in [2.24, 2.45) is 0 Å². The molecule has 0 bridgehead atoms. The number of aryl methyl sites for hydroxylation is 2. The highest BCUT2D eigenvalue weighted by molar-refractivity contribution is 6.00. The van der Waals surface area contributed by atoms with Crippen molar-refractivity contribution in [3.05, 3.63) is 53.3 Å². The average molecular weight is 380 g/mol. The van der Waals surface area contributed by atoms with Gasteiger partial charge in [0.15, 0.2) is 6.61 Å². The van der Waals surface area contributed by atoms with E-state index >= 15 is 0 Å². The Morgan fingerprint density at radius 1 is 1.11 bits per heavy atom. The number of amides is 2. The lowest BCUT2D eigenvalue weighted by Crippen LogP contribution is -2.47. The molecule has 0 atom stereocenters. The molecule has 2 aromatic rings. The highest BCUT2D eigenvalue weighted by Gasteiger charge is 2.35. The first kappa shape index (κ1) is 19.5. The summed E-state index contributed by atoms with van der Waals surface area (Å²) in [6, 6.07) is 12.7. The predicted octanol–water partition coefficient (Wildman–Crippen LogP) is 2.82. The van der Waals surface area contributed by atoms with E-state index in [1.807, 2.05) is 26.0 Å². The second kappa shape index (κ2) is 8.17. The zero-order valence-corrected chi connectivity index (χ0v) is 16.1. The molecule has 1 heterocycles. The molecule has 146 valence electrons. The topological polar surface area (TPSA) is 96.2 Å². The molecule has 1 saturated carbocycles. The number of hydrogen-bond acceptors (Lipinski definition) is 4. The minimum atomic E-state index is -0.753. The first-order valence-electron chi connectivity index (χ1n) is 9.34. The van der Waals surface area contributed by atoms with Gasteiger partial charge in [0.05, 0.1) is 6.07 Å². The zero-order chi connectivity index (χ0) is 20.1. The fourth-order valence-corrected chi connectivity index (χ4v) is 3.41. The van der Waals surface area contributed by atoms with Gasteiger partial charge in [0.2, 0.25) is 0 Å². The Bertz CT molecular complexity index is 883. The molecule has 2 amide bonds. The molecule has 1 aliphatic rings. The van der Waals surface area contributed by atoms with Crippen molar-refractivity contribution in [3.63, 3.8) is 0 Å². The summed E-state index contributed by atoms with van der Waals surface area (Å²) in [6.45, 7) is 3.66. The monoisotopic (exact) mass is 380 g/mol. The SMILES string of the molecule is Cc1ccc(C)n1NC(=O)c1ccc(OCC(=O)NC2(C#N)CCCC2)cc1. The quantitative estimate of drug-likeness (QED) is 0.805. The van der Waals surface area contributed by atoms with Gasteiger partial charge in [-0.1, -0.05) is 0 Å². The van der Waals surface area contributed by atoms with E-state index in [-0.39, 0.29) is 18.4 Å². The Labute approximate surface area is 164 Å². The third-order valence-corrected chi connectivity index (χ3v) is 5.02. The standard InChI is InChI=1S/C21H24N4O3/c1-15-5-6-16(2)25(15)24-20(27)17-7-9-18(10-8-17)28-13-19(26)23-21(14-22)11-3-4-12-21/h5-10H,3-4,11-13H2,1-2H3,(H,23,26)(H,24,27). The molecule has 1 aromatic heterocycles. The summed E-state index contributed by atoms with van der Waals surface area (Å²) in [5.74, 6) is -0.0647. The molecule has 3 rings (SSSR count). The maximum atomic E-state index is 12.4. The second-order valence-corrected chi connectivity index (χ2v) is 7.15. The molecule has 1 aliphatic carbocycles. The van der Waals surface area contributed by atoms with Gasteiger partial charge in [0.25, 0.3) is 11.8 Å². The maximum Gasteiger partial charge on any atom is 0.270 e. The summed E-state index contributed by atoms with van der Waals surface area (Å²) in [6.07, 6.45) is 3.25. The predicted molar refractivity (Wildman–Crippen MR) is 104 cm³/mol. The smallest absolute Gasteiger partial charge is 0.270 e. The normalized spacial score (nSPS) is 14.9. The van der Waals surface area contributed by atoms with E-state index in [0.717, 1.165) is 24.2 Å².